The Hall–Kier alpha value is -1.14. The van der Waals surface area contributed by atoms with E-state index >= 15 is 0 Å². The summed E-state index contributed by atoms with van der Waals surface area (Å²) < 4.78 is 0. The molecule has 0 heterocycles. The first-order chi connectivity index (χ1) is 7.90. The zero-order valence-corrected chi connectivity index (χ0v) is 10.6. The van der Waals surface area contributed by atoms with Crippen LogP contribution in [0.25, 0.3) is 0 Å². The van der Waals surface area contributed by atoms with Crippen LogP contribution in [0.2, 0.25) is 0 Å². The van der Waals surface area contributed by atoms with Crippen molar-refractivity contribution in [3.63, 3.8) is 0 Å². The number of nitrogens with one attached hydrogen (secondary N) is 2. The van der Waals surface area contributed by atoms with Crippen molar-refractivity contribution >= 4 is 11.9 Å². The van der Waals surface area contributed by atoms with Crippen LogP contribution in [0.15, 0.2) is 0 Å². The fourth-order valence-corrected chi connectivity index (χ4v) is 1.54. The Balaban J connectivity index is 4.46. The van der Waals surface area contributed by atoms with Gasteiger partial charge in [0.1, 0.15) is 6.04 Å². The summed E-state index contributed by atoms with van der Waals surface area (Å²) in [5.41, 5.74) is -0.480. The molecule has 0 aliphatic carbocycles. The first-order valence-corrected chi connectivity index (χ1v) is 5.76. The summed E-state index contributed by atoms with van der Waals surface area (Å²) in [6, 6.07) is -0.975. The van der Waals surface area contributed by atoms with Crippen LogP contribution in [0.1, 0.15) is 33.6 Å². The molecule has 1 unspecified atom stereocenters. The van der Waals surface area contributed by atoms with Gasteiger partial charge in [-0.3, -0.25) is 4.79 Å². The zero-order chi connectivity index (χ0) is 13.5. The molecule has 4 N–H and O–H groups in total. The average molecular weight is 246 g/mol. The third-order valence-electron chi connectivity index (χ3n) is 3.01. The van der Waals surface area contributed by atoms with Crippen molar-refractivity contribution in [1.29, 1.82) is 0 Å². The molecule has 0 saturated carbocycles. The van der Waals surface area contributed by atoms with E-state index in [-0.39, 0.29) is 19.1 Å². The Labute approximate surface area is 101 Å². The number of rotatable bonds is 8. The molecule has 0 fully saturated rings. The largest absolute Gasteiger partial charge is 0.480 e. The minimum Gasteiger partial charge on any atom is -0.480 e. The van der Waals surface area contributed by atoms with Gasteiger partial charge in [0, 0.05) is 19.0 Å². The topological polar surface area (TPSA) is 98.7 Å². The maximum absolute atomic E-state index is 10.9. The number of carboxylic acid groups (broad SMARTS) is 1. The molecular weight excluding hydrogens is 224 g/mol. The second-order valence-electron chi connectivity index (χ2n) is 4.12. The number of aliphatic carboxylic acids is 1. The molecule has 0 aromatic heterocycles. The van der Waals surface area contributed by atoms with E-state index in [0.29, 0.717) is 12.8 Å². The molecule has 6 heteroatoms. The van der Waals surface area contributed by atoms with Crippen molar-refractivity contribution < 1.29 is 19.8 Å². The van der Waals surface area contributed by atoms with Crippen LogP contribution in [0.3, 0.4) is 0 Å². The minimum absolute atomic E-state index is 0.0631. The molecule has 1 amide bonds. The van der Waals surface area contributed by atoms with Gasteiger partial charge in [0.25, 0.3) is 0 Å². The lowest BCUT2D eigenvalue weighted by atomic mass is 9.93. The van der Waals surface area contributed by atoms with Gasteiger partial charge >= 0.3 is 5.97 Å². The highest BCUT2D eigenvalue weighted by atomic mass is 16.4. The van der Waals surface area contributed by atoms with E-state index in [4.69, 9.17) is 5.11 Å². The van der Waals surface area contributed by atoms with Crippen molar-refractivity contribution in [2.24, 2.45) is 0 Å². The van der Waals surface area contributed by atoms with Gasteiger partial charge in [-0.25, -0.2) is 4.79 Å². The molecule has 0 aliphatic rings. The van der Waals surface area contributed by atoms with E-state index in [1.807, 2.05) is 13.8 Å². The molecule has 0 aromatic rings. The zero-order valence-electron chi connectivity index (χ0n) is 10.6. The fourth-order valence-electron chi connectivity index (χ4n) is 1.54. The van der Waals surface area contributed by atoms with Crippen LogP contribution in [0, 0.1) is 0 Å². The van der Waals surface area contributed by atoms with Crippen LogP contribution in [0.5, 0.6) is 0 Å². The molecule has 0 aliphatic heterocycles. The Kier molecular flexibility index (Phi) is 6.75. The summed E-state index contributed by atoms with van der Waals surface area (Å²) in [5, 5.41) is 23.6. The van der Waals surface area contributed by atoms with E-state index in [1.54, 1.807) is 0 Å². The minimum atomic E-state index is -1.09. The predicted molar refractivity (Wildman–Crippen MR) is 63.6 cm³/mol. The van der Waals surface area contributed by atoms with Crippen LogP contribution >= 0.6 is 0 Å². The third-order valence-corrected chi connectivity index (χ3v) is 3.01. The van der Waals surface area contributed by atoms with Crippen LogP contribution in [0.4, 0.5) is 0 Å². The number of aliphatic hydroxyl groups excluding tert-OH is 1. The van der Waals surface area contributed by atoms with E-state index in [2.05, 4.69) is 10.6 Å². The van der Waals surface area contributed by atoms with Gasteiger partial charge in [-0.15, -0.1) is 0 Å². The normalized spacial score (nSPS) is 13.2. The number of hydrogen-bond donors (Lipinski definition) is 4. The second-order valence-corrected chi connectivity index (χ2v) is 4.12. The van der Waals surface area contributed by atoms with Crippen molar-refractivity contribution in [3.8, 4) is 0 Å². The van der Waals surface area contributed by atoms with Gasteiger partial charge in [-0.1, -0.05) is 13.8 Å². The number of amides is 1. The Morgan fingerprint density at radius 1 is 1.29 bits per heavy atom. The molecular formula is C11H22N2O4. The number of aliphatic hydroxyl groups is 1. The summed E-state index contributed by atoms with van der Waals surface area (Å²) in [6.45, 7) is 5.14. The van der Waals surface area contributed by atoms with Gasteiger partial charge < -0.3 is 20.8 Å². The van der Waals surface area contributed by atoms with Crippen molar-refractivity contribution in [2.75, 3.05) is 13.2 Å². The summed E-state index contributed by atoms with van der Waals surface area (Å²) in [5.74, 6) is -1.48. The monoisotopic (exact) mass is 246 g/mol. The van der Waals surface area contributed by atoms with Gasteiger partial charge in [0.15, 0.2) is 0 Å². The van der Waals surface area contributed by atoms with Gasteiger partial charge in [0.05, 0.1) is 6.61 Å². The molecule has 1 atom stereocenters. The van der Waals surface area contributed by atoms with E-state index in [0.717, 1.165) is 0 Å². The molecule has 100 valence electrons. The fraction of sp³-hybridized carbons (Fsp3) is 0.818. The van der Waals surface area contributed by atoms with Crippen LogP contribution < -0.4 is 10.6 Å². The van der Waals surface area contributed by atoms with Gasteiger partial charge in [-0.05, 0) is 12.8 Å². The summed E-state index contributed by atoms with van der Waals surface area (Å²) in [7, 11) is 0. The number of hydrogen-bond acceptors (Lipinski definition) is 4. The molecule has 0 rings (SSSR count). The Morgan fingerprint density at radius 2 is 1.82 bits per heavy atom. The highest BCUT2D eigenvalue weighted by molar-refractivity contribution is 5.82. The first kappa shape index (κ1) is 15.9. The SMILES string of the molecule is CCC(CC)(CO)NCC(NC(C)=O)C(=O)O. The highest BCUT2D eigenvalue weighted by Gasteiger charge is 2.27. The average Bonchev–Trinajstić information content (AvgIpc) is 2.29. The lowest BCUT2D eigenvalue weighted by Gasteiger charge is -2.32. The van der Waals surface area contributed by atoms with Crippen molar-refractivity contribution in [3.05, 3.63) is 0 Å². The second kappa shape index (κ2) is 7.24. The van der Waals surface area contributed by atoms with E-state index < -0.39 is 17.6 Å². The quantitative estimate of drug-likeness (QED) is 0.472. The maximum Gasteiger partial charge on any atom is 0.327 e. The molecule has 0 bridgehead atoms. The Bertz CT molecular complexity index is 256. The van der Waals surface area contributed by atoms with Gasteiger partial charge in [0.2, 0.25) is 5.91 Å². The standard InChI is InChI=1S/C11H22N2O4/c1-4-11(5-2,7-14)12-6-9(10(16)17)13-8(3)15/h9,12,14H,4-7H2,1-3H3,(H,13,15)(H,16,17). The molecule has 0 saturated heterocycles. The van der Waals surface area contributed by atoms with Crippen LogP contribution in [-0.4, -0.2) is 46.8 Å². The number of carbonyl (C=O) groups is 2. The molecule has 17 heavy (non-hydrogen) atoms. The first-order valence-electron chi connectivity index (χ1n) is 5.76. The lowest BCUT2D eigenvalue weighted by molar-refractivity contribution is -0.141. The highest BCUT2D eigenvalue weighted by Crippen LogP contribution is 2.13. The van der Waals surface area contributed by atoms with E-state index in [1.165, 1.54) is 6.92 Å². The predicted octanol–water partition coefficient (Wildman–Crippen LogP) is -0.284. The van der Waals surface area contributed by atoms with Crippen LogP contribution in [-0.2, 0) is 9.59 Å². The summed E-state index contributed by atoms with van der Waals surface area (Å²) >= 11 is 0. The Morgan fingerprint density at radius 3 is 2.12 bits per heavy atom. The summed E-state index contributed by atoms with van der Waals surface area (Å²) in [4.78, 5) is 21.7. The number of carbonyl (C=O) groups excluding carboxylic acids is 1. The third kappa shape index (κ3) is 5.14. The smallest absolute Gasteiger partial charge is 0.327 e. The number of carboxylic acids is 1. The maximum atomic E-state index is 10.9. The lowest BCUT2D eigenvalue weighted by Crippen LogP contribution is -2.55. The van der Waals surface area contributed by atoms with E-state index in [9.17, 15) is 14.7 Å². The molecule has 0 radical (unpaired) electrons. The molecule has 0 aromatic carbocycles. The van der Waals surface area contributed by atoms with Crippen molar-refractivity contribution in [1.82, 2.24) is 10.6 Å². The van der Waals surface area contributed by atoms with Gasteiger partial charge in [-0.2, -0.15) is 0 Å². The molecule has 0 spiro atoms. The van der Waals surface area contributed by atoms with Crippen molar-refractivity contribution in [2.45, 2.75) is 45.2 Å². The molecule has 6 nitrogen and oxygen atoms in total. The summed E-state index contributed by atoms with van der Waals surface area (Å²) in [6.07, 6.45) is 1.37.